The summed E-state index contributed by atoms with van der Waals surface area (Å²) >= 11 is 0. The van der Waals surface area contributed by atoms with Crippen LogP contribution in [0.5, 0.6) is 0 Å². The smallest absolute Gasteiger partial charge is 0.337 e. The van der Waals surface area contributed by atoms with Crippen molar-refractivity contribution < 1.29 is 19.5 Å². The summed E-state index contributed by atoms with van der Waals surface area (Å²) in [6.07, 6.45) is 3.55. The zero-order valence-corrected chi connectivity index (χ0v) is 15.0. The zero-order valence-electron chi connectivity index (χ0n) is 15.0. The Morgan fingerprint density at radius 2 is 1.77 bits per heavy atom. The first-order valence-corrected chi connectivity index (χ1v) is 9.14. The molecule has 2 aliphatic rings. The molecule has 0 saturated carbocycles. The number of urea groups is 1. The summed E-state index contributed by atoms with van der Waals surface area (Å²) in [5, 5.41) is 12.1. The molecule has 0 aliphatic carbocycles. The van der Waals surface area contributed by atoms with Crippen LogP contribution in [0.2, 0.25) is 0 Å². The van der Waals surface area contributed by atoms with Crippen molar-refractivity contribution in [1.29, 1.82) is 0 Å². The van der Waals surface area contributed by atoms with E-state index in [-0.39, 0.29) is 23.4 Å². The van der Waals surface area contributed by atoms with Crippen molar-refractivity contribution >= 4 is 23.6 Å². The molecule has 1 atom stereocenters. The van der Waals surface area contributed by atoms with E-state index >= 15 is 0 Å². The van der Waals surface area contributed by atoms with Crippen LogP contribution in [-0.2, 0) is 4.79 Å². The average Bonchev–Trinajstić information content (AvgIpc) is 3.17. The second-order valence-electron chi connectivity index (χ2n) is 7.11. The van der Waals surface area contributed by atoms with E-state index in [1.165, 1.54) is 0 Å². The maximum Gasteiger partial charge on any atom is 0.337 e. The minimum atomic E-state index is -1.07. The molecule has 2 heterocycles. The SMILES string of the molecule is Cc1ccc(NC(=O)C2CCCN(C(=O)N3CCCC3)C2)c(C(=O)O)c1. The van der Waals surface area contributed by atoms with Crippen LogP contribution in [0.1, 0.15) is 41.6 Å². The molecule has 2 fully saturated rings. The standard InChI is InChI=1S/C19H25N3O4/c1-13-6-7-16(15(11-13)18(24)25)20-17(23)14-5-4-10-22(12-14)19(26)21-8-2-3-9-21/h6-7,11,14H,2-5,8-10,12H2,1H3,(H,20,23)(H,24,25). The summed E-state index contributed by atoms with van der Waals surface area (Å²) in [6, 6.07) is 4.95. The highest BCUT2D eigenvalue weighted by atomic mass is 16.4. The van der Waals surface area contributed by atoms with Crippen molar-refractivity contribution in [3.63, 3.8) is 0 Å². The van der Waals surface area contributed by atoms with Gasteiger partial charge in [-0.1, -0.05) is 11.6 Å². The summed E-state index contributed by atoms with van der Waals surface area (Å²) in [7, 11) is 0. The Hall–Kier alpha value is -2.57. The topological polar surface area (TPSA) is 90.0 Å². The summed E-state index contributed by atoms with van der Waals surface area (Å²) in [6.45, 7) is 4.44. The molecule has 1 aromatic carbocycles. The lowest BCUT2D eigenvalue weighted by Gasteiger charge is -2.34. The molecule has 0 bridgehead atoms. The van der Waals surface area contributed by atoms with Gasteiger partial charge in [-0.3, -0.25) is 4.79 Å². The lowest BCUT2D eigenvalue weighted by atomic mass is 9.97. The first-order valence-electron chi connectivity index (χ1n) is 9.14. The molecular weight excluding hydrogens is 334 g/mol. The molecule has 2 aliphatic heterocycles. The maximum absolute atomic E-state index is 12.7. The molecule has 3 amide bonds. The predicted octanol–water partition coefficient (Wildman–Crippen LogP) is 2.56. The van der Waals surface area contributed by atoms with E-state index in [0.717, 1.165) is 37.9 Å². The van der Waals surface area contributed by atoms with E-state index in [0.29, 0.717) is 25.2 Å². The molecule has 3 rings (SSSR count). The highest BCUT2D eigenvalue weighted by molar-refractivity contribution is 6.01. The van der Waals surface area contributed by atoms with Gasteiger partial charge in [-0.2, -0.15) is 0 Å². The number of benzene rings is 1. The minimum Gasteiger partial charge on any atom is -0.478 e. The number of carboxylic acids is 1. The molecule has 1 aromatic rings. The van der Waals surface area contributed by atoms with Crippen LogP contribution in [0.4, 0.5) is 10.5 Å². The summed E-state index contributed by atoms with van der Waals surface area (Å²) in [5.74, 6) is -1.62. The zero-order chi connectivity index (χ0) is 18.7. The van der Waals surface area contributed by atoms with Gasteiger partial charge in [-0.15, -0.1) is 0 Å². The third-order valence-electron chi connectivity index (χ3n) is 5.10. The van der Waals surface area contributed by atoms with Gasteiger partial charge in [0, 0.05) is 26.2 Å². The fraction of sp³-hybridized carbons (Fsp3) is 0.526. The van der Waals surface area contributed by atoms with Gasteiger partial charge < -0.3 is 20.2 Å². The van der Waals surface area contributed by atoms with Crippen molar-refractivity contribution in [3.8, 4) is 0 Å². The number of nitrogens with one attached hydrogen (secondary N) is 1. The summed E-state index contributed by atoms with van der Waals surface area (Å²) in [4.78, 5) is 40.2. The highest BCUT2D eigenvalue weighted by Gasteiger charge is 2.31. The van der Waals surface area contributed by atoms with Gasteiger partial charge in [0.05, 0.1) is 17.2 Å². The number of hydrogen-bond donors (Lipinski definition) is 2. The van der Waals surface area contributed by atoms with Crippen molar-refractivity contribution in [3.05, 3.63) is 29.3 Å². The molecule has 0 radical (unpaired) electrons. The first kappa shape index (κ1) is 18.2. The number of piperidine rings is 1. The summed E-state index contributed by atoms with van der Waals surface area (Å²) < 4.78 is 0. The maximum atomic E-state index is 12.7. The van der Waals surface area contributed by atoms with Crippen LogP contribution in [0.25, 0.3) is 0 Å². The summed E-state index contributed by atoms with van der Waals surface area (Å²) in [5.41, 5.74) is 1.20. The molecule has 0 aromatic heterocycles. The van der Waals surface area contributed by atoms with Gasteiger partial charge in [0.1, 0.15) is 0 Å². The number of aryl methyl sites for hydroxylation is 1. The fourth-order valence-corrected chi connectivity index (χ4v) is 3.65. The lowest BCUT2D eigenvalue weighted by Crippen LogP contribution is -2.48. The number of carbonyl (C=O) groups excluding carboxylic acids is 2. The van der Waals surface area contributed by atoms with Crippen LogP contribution in [0.15, 0.2) is 18.2 Å². The number of amides is 3. The van der Waals surface area contributed by atoms with Crippen molar-refractivity contribution in [2.75, 3.05) is 31.5 Å². The Morgan fingerprint density at radius 1 is 1.08 bits per heavy atom. The van der Waals surface area contributed by atoms with Gasteiger partial charge in [0.2, 0.25) is 5.91 Å². The van der Waals surface area contributed by atoms with Crippen molar-refractivity contribution in [1.82, 2.24) is 9.80 Å². The number of likely N-dealkylation sites (tertiary alicyclic amines) is 2. The Balaban J connectivity index is 1.66. The van der Waals surface area contributed by atoms with E-state index in [1.54, 1.807) is 30.0 Å². The van der Waals surface area contributed by atoms with E-state index in [1.807, 2.05) is 4.90 Å². The molecule has 7 nitrogen and oxygen atoms in total. The second-order valence-corrected chi connectivity index (χ2v) is 7.11. The Labute approximate surface area is 153 Å². The minimum absolute atomic E-state index is 0.0153. The molecule has 2 saturated heterocycles. The Kier molecular flexibility index (Phi) is 5.44. The number of nitrogens with zero attached hydrogens (tertiary/aromatic N) is 2. The van der Waals surface area contributed by atoms with E-state index in [9.17, 15) is 19.5 Å². The van der Waals surface area contributed by atoms with Crippen LogP contribution >= 0.6 is 0 Å². The van der Waals surface area contributed by atoms with Crippen molar-refractivity contribution in [2.24, 2.45) is 5.92 Å². The third kappa shape index (κ3) is 3.98. The average molecular weight is 359 g/mol. The van der Waals surface area contributed by atoms with Gasteiger partial charge in [-0.05, 0) is 44.7 Å². The molecule has 26 heavy (non-hydrogen) atoms. The monoisotopic (exact) mass is 359 g/mol. The Morgan fingerprint density at radius 3 is 2.46 bits per heavy atom. The number of carboxylic acid groups (broad SMARTS) is 1. The number of anilines is 1. The lowest BCUT2D eigenvalue weighted by molar-refractivity contribution is -0.121. The van der Waals surface area contributed by atoms with Gasteiger partial charge in [0.15, 0.2) is 0 Å². The molecule has 7 heteroatoms. The second kappa shape index (κ2) is 7.76. The Bertz CT molecular complexity index is 713. The predicted molar refractivity (Wildman–Crippen MR) is 97.3 cm³/mol. The molecule has 1 unspecified atom stereocenters. The van der Waals surface area contributed by atoms with Crippen LogP contribution < -0.4 is 5.32 Å². The third-order valence-corrected chi connectivity index (χ3v) is 5.10. The fourth-order valence-electron chi connectivity index (χ4n) is 3.65. The van der Waals surface area contributed by atoms with Gasteiger partial charge in [-0.25, -0.2) is 9.59 Å². The van der Waals surface area contributed by atoms with E-state index < -0.39 is 5.97 Å². The molecule has 2 N–H and O–H groups in total. The highest BCUT2D eigenvalue weighted by Crippen LogP contribution is 2.23. The molecule has 0 spiro atoms. The van der Waals surface area contributed by atoms with E-state index in [4.69, 9.17) is 0 Å². The number of aromatic carboxylic acids is 1. The van der Waals surface area contributed by atoms with Crippen LogP contribution in [0, 0.1) is 12.8 Å². The number of rotatable bonds is 3. The van der Waals surface area contributed by atoms with E-state index in [2.05, 4.69) is 5.32 Å². The largest absolute Gasteiger partial charge is 0.478 e. The number of carbonyl (C=O) groups is 3. The molecule has 140 valence electrons. The first-order chi connectivity index (χ1) is 12.5. The quantitative estimate of drug-likeness (QED) is 0.868. The van der Waals surface area contributed by atoms with Crippen LogP contribution in [-0.4, -0.2) is 59.0 Å². The van der Waals surface area contributed by atoms with Crippen molar-refractivity contribution in [2.45, 2.75) is 32.6 Å². The number of hydrogen-bond acceptors (Lipinski definition) is 3. The normalized spacial score (nSPS) is 20.1. The van der Waals surface area contributed by atoms with Gasteiger partial charge >= 0.3 is 12.0 Å². The molecular formula is C19H25N3O4. The van der Waals surface area contributed by atoms with Gasteiger partial charge in [0.25, 0.3) is 0 Å². The van der Waals surface area contributed by atoms with Crippen LogP contribution in [0.3, 0.4) is 0 Å².